The monoisotopic (exact) mass is 250 g/mol. The number of hydrogen-bond donors (Lipinski definition) is 1. The van der Waals surface area contributed by atoms with E-state index >= 15 is 0 Å². The first-order valence-electron chi connectivity index (χ1n) is 4.96. The fourth-order valence-electron chi connectivity index (χ4n) is 1.50. The maximum Gasteiger partial charge on any atom is 0.279 e. The third-order valence-corrected chi connectivity index (χ3v) is 3.17. The van der Waals surface area contributed by atoms with Crippen LogP contribution in [0.1, 0.15) is 18.6 Å². The van der Waals surface area contributed by atoms with Gasteiger partial charge in [0.25, 0.3) is 5.69 Å². The highest BCUT2D eigenvalue weighted by molar-refractivity contribution is 7.13. The fourth-order valence-corrected chi connectivity index (χ4v) is 2.16. The Labute approximate surface area is 102 Å². The Morgan fingerprint density at radius 1 is 1.53 bits per heavy atom. The van der Waals surface area contributed by atoms with Gasteiger partial charge >= 0.3 is 0 Å². The van der Waals surface area contributed by atoms with Gasteiger partial charge in [0, 0.05) is 17.6 Å². The highest BCUT2D eigenvalue weighted by atomic mass is 32.1. The highest BCUT2D eigenvalue weighted by Crippen LogP contribution is 2.33. The van der Waals surface area contributed by atoms with E-state index in [-0.39, 0.29) is 5.69 Å². The number of nitro groups is 1. The van der Waals surface area contributed by atoms with E-state index in [0.717, 1.165) is 0 Å². The van der Waals surface area contributed by atoms with Crippen molar-refractivity contribution >= 4 is 17.0 Å². The fraction of sp³-hybridized carbons (Fsp3) is 0.182. The molecule has 5 nitrogen and oxygen atoms in total. The average molecular weight is 250 g/mol. The summed E-state index contributed by atoms with van der Waals surface area (Å²) in [4.78, 5) is 14.5. The van der Waals surface area contributed by atoms with Gasteiger partial charge in [-0.25, -0.2) is 4.98 Å². The smallest absolute Gasteiger partial charge is 0.279 e. The van der Waals surface area contributed by atoms with Crippen LogP contribution in [0.4, 0.5) is 5.69 Å². The number of benzene rings is 1. The molecule has 0 spiro atoms. The van der Waals surface area contributed by atoms with Crippen molar-refractivity contribution in [3.63, 3.8) is 0 Å². The van der Waals surface area contributed by atoms with Gasteiger partial charge < -0.3 is 5.11 Å². The highest BCUT2D eigenvalue weighted by Gasteiger charge is 2.18. The van der Waals surface area contributed by atoms with E-state index in [9.17, 15) is 15.2 Å². The zero-order valence-corrected chi connectivity index (χ0v) is 9.85. The number of aliphatic hydroxyl groups excluding tert-OH is 1. The lowest BCUT2D eigenvalue weighted by Gasteiger charge is -2.06. The molecule has 1 atom stereocenters. The van der Waals surface area contributed by atoms with Crippen LogP contribution in [-0.2, 0) is 0 Å². The number of thiazole rings is 1. The van der Waals surface area contributed by atoms with Crippen LogP contribution in [0.2, 0.25) is 0 Å². The van der Waals surface area contributed by atoms with E-state index in [1.807, 2.05) is 0 Å². The third-order valence-electron chi connectivity index (χ3n) is 2.36. The standard InChI is InChI=1S/C11H10N2O3S/c1-7(14)8-2-3-10(13(15)16)9(6-8)11-12-4-5-17-11/h2-7,14H,1H3. The van der Waals surface area contributed by atoms with Crippen molar-refractivity contribution in [3.8, 4) is 10.6 Å². The first-order chi connectivity index (χ1) is 8.09. The normalized spacial score (nSPS) is 12.4. The number of aliphatic hydroxyl groups is 1. The number of hydrogen-bond acceptors (Lipinski definition) is 5. The lowest BCUT2D eigenvalue weighted by atomic mass is 10.1. The van der Waals surface area contributed by atoms with Gasteiger partial charge in [-0.1, -0.05) is 0 Å². The van der Waals surface area contributed by atoms with E-state index in [1.54, 1.807) is 30.6 Å². The van der Waals surface area contributed by atoms with Gasteiger partial charge in [0.1, 0.15) is 5.01 Å². The van der Waals surface area contributed by atoms with Gasteiger partial charge in [-0.15, -0.1) is 11.3 Å². The molecule has 0 radical (unpaired) electrons. The predicted octanol–water partition coefficient (Wildman–Crippen LogP) is 2.77. The molecule has 88 valence electrons. The minimum absolute atomic E-state index is 0.00403. The van der Waals surface area contributed by atoms with E-state index in [0.29, 0.717) is 16.1 Å². The largest absolute Gasteiger partial charge is 0.389 e. The van der Waals surface area contributed by atoms with E-state index in [4.69, 9.17) is 0 Å². The van der Waals surface area contributed by atoms with Crippen LogP contribution in [0, 0.1) is 10.1 Å². The third kappa shape index (κ3) is 2.32. The molecule has 6 heteroatoms. The molecule has 0 fully saturated rings. The lowest BCUT2D eigenvalue weighted by molar-refractivity contribution is -0.384. The molecule has 0 aliphatic heterocycles. The minimum Gasteiger partial charge on any atom is -0.389 e. The molecular formula is C11H10N2O3S. The number of nitro benzene ring substituents is 1. The summed E-state index contributed by atoms with van der Waals surface area (Å²) in [5, 5.41) is 22.7. The molecule has 0 bridgehead atoms. The zero-order chi connectivity index (χ0) is 12.4. The van der Waals surface area contributed by atoms with Crippen molar-refractivity contribution < 1.29 is 10.0 Å². The van der Waals surface area contributed by atoms with Gasteiger partial charge in [0.15, 0.2) is 0 Å². The minimum atomic E-state index is -0.658. The number of nitrogens with zero attached hydrogens (tertiary/aromatic N) is 2. The van der Waals surface area contributed by atoms with Gasteiger partial charge in [0.05, 0.1) is 16.6 Å². The van der Waals surface area contributed by atoms with E-state index in [1.165, 1.54) is 17.4 Å². The van der Waals surface area contributed by atoms with Crippen LogP contribution in [-0.4, -0.2) is 15.0 Å². The number of rotatable bonds is 3. The van der Waals surface area contributed by atoms with Crippen molar-refractivity contribution in [3.05, 3.63) is 45.5 Å². The molecule has 1 unspecified atom stereocenters. The molecule has 1 heterocycles. The van der Waals surface area contributed by atoms with Crippen LogP contribution >= 0.6 is 11.3 Å². The van der Waals surface area contributed by atoms with Crippen molar-refractivity contribution in [2.45, 2.75) is 13.0 Å². The summed E-state index contributed by atoms with van der Waals surface area (Å²) >= 11 is 1.33. The quantitative estimate of drug-likeness (QED) is 0.671. The summed E-state index contributed by atoms with van der Waals surface area (Å²) in [5.41, 5.74) is 1.09. The second kappa shape index (κ2) is 4.60. The van der Waals surface area contributed by atoms with Crippen LogP contribution in [0.25, 0.3) is 10.6 Å². The number of aromatic nitrogens is 1. The van der Waals surface area contributed by atoms with Crippen LogP contribution in [0.3, 0.4) is 0 Å². The Hall–Kier alpha value is -1.79. The maximum absolute atomic E-state index is 10.9. The Kier molecular flexibility index (Phi) is 3.16. The second-order valence-electron chi connectivity index (χ2n) is 3.55. The van der Waals surface area contributed by atoms with E-state index < -0.39 is 11.0 Å². The Morgan fingerprint density at radius 3 is 2.82 bits per heavy atom. The molecular weight excluding hydrogens is 240 g/mol. The van der Waals surface area contributed by atoms with Gasteiger partial charge in [-0.2, -0.15) is 0 Å². The molecule has 0 saturated carbocycles. The Morgan fingerprint density at radius 2 is 2.29 bits per heavy atom. The summed E-state index contributed by atoms with van der Waals surface area (Å²) in [7, 11) is 0. The molecule has 17 heavy (non-hydrogen) atoms. The van der Waals surface area contributed by atoms with Crippen molar-refractivity contribution in [2.24, 2.45) is 0 Å². The van der Waals surface area contributed by atoms with E-state index in [2.05, 4.69) is 4.98 Å². The molecule has 0 amide bonds. The average Bonchev–Trinajstić information content (AvgIpc) is 2.81. The summed E-state index contributed by atoms with van der Waals surface area (Å²) in [6.45, 7) is 1.62. The van der Waals surface area contributed by atoms with Gasteiger partial charge in [-0.3, -0.25) is 10.1 Å². The molecule has 1 N–H and O–H groups in total. The second-order valence-corrected chi connectivity index (χ2v) is 4.44. The topological polar surface area (TPSA) is 76.3 Å². The summed E-state index contributed by atoms with van der Waals surface area (Å²) < 4.78 is 0. The Bertz CT molecular complexity index is 538. The van der Waals surface area contributed by atoms with Crippen molar-refractivity contribution in [2.75, 3.05) is 0 Å². The summed E-state index contributed by atoms with van der Waals surface area (Å²) in [5.74, 6) is 0. The summed E-state index contributed by atoms with van der Waals surface area (Å²) in [6, 6.07) is 4.57. The first-order valence-corrected chi connectivity index (χ1v) is 5.84. The van der Waals surface area contributed by atoms with Crippen molar-refractivity contribution in [1.29, 1.82) is 0 Å². The van der Waals surface area contributed by atoms with Crippen LogP contribution < -0.4 is 0 Å². The molecule has 0 aliphatic carbocycles. The van der Waals surface area contributed by atoms with Crippen molar-refractivity contribution in [1.82, 2.24) is 4.98 Å². The zero-order valence-electron chi connectivity index (χ0n) is 9.03. The molecule has 1 aromatic heterocycles. The van der Waals surface area contributed by atoms with Crippen LogP contribution in [0.5, 0.6) is 0 Å². The molecule has 2 aromatic rings. The molecule has 2 rings (SSSR count). The molecule has 0 aliphatic rings. The van der Waals surface area contributed by atoms with Crippen LogP contribution in [0.15, 0.2) is 29.8 Å². The predicted molar refractivity (Wildman–Crippen MR) is 64.8 cm³/mol. The van der Waals surface area contributed by atoms with Gasteiger partial charge in [-0.05, 0) is 24.6 Å². The molecule has 1 aromatic carbocycles. The van der Waals surface area contributed by atoms with Gasteiger partial charge in [0.2, 0.25) is 0 Å². The Balaban J connectivity index is 2.60. The first kappa shape index (κ1) is 11.7. The lowest BCUT2D eigenvalue weighted by Crippen LogP contribution is -1.96. The maximum atomic E-state index is 10.9. The summed E-state index contributed by atoms with van der Waals surface area (Å²) in [6.07, 6.45) is 0.938. The SMILES string of the molecule is CC(O)c1ccc([N+](=O)[O-])c(-c2nccs2)c1. The molecule has 0 saturated heterocycles.